The summed E-state index contributed by atoms with van der Waals surface area (Å²) in [7, 11) is -3.95. The highest BCUT2D eigenvalue weighted by molar-refractivity contribution is 7.93. The van der Waals surface area contributed by atoms with Gasteiger partial charge in [-0.1, -0.05) is 77.8 Å². The first-order valence-corrected chi connectivity index (χ1v) is 15.4. The van der Waals surface area contributed by atoms with Crippen molar-refractivity contribution in [2.45, 2.75) is 43.0 Å². The number of sulfonamides is 1. The van der Waals surface area contributed by atoms with Gasteiger partial charge in [-0.3, -0.25) is 9.71 Å². The molecule has 1 aliphatic rings. The molecule has 1 unspecified atom stereocenters. The van der Waals surface area contributed by atoms with Crippen LogP contribution in [0.2, 0.25) is 10.3 Å². The van der Waals surface area contributed by atoms with Gasteiger partial charge in [-0.2, -0.15) is 0 Å². The monoisotopic (exact) mass is 624 g/mol. The molecule has 9 nitrogen and oxygen atoms in total. The fourth-order valence-corrected chi connectivity index (χ4v) is 6.52. The average molecular weight is 626 g/mol. The highest BCUT2D eigenvalue weighted by Gasteiger charge is 2.33. The number of hydrogen-bond donors (Lipinski definition) is 2. The average Bonchev–Trinajstić information content (AvgIpc) is 3.32. The molecule has 0 bridgehead atoms. The van der Waals surface area contributed by atoms with Crippen molar-refractivity contribution in [3.8, 4) is 0 Å². The molecule has 0 saturated carbocycles. The first-order valence-electron chi connectivity index (χ1n) is 13.1. The maximum atomic E-state index is 13.4. The lowest BCUT2D eigenvalue weighted by molar-refractivity contribution is -0.252. The predicted octanol–water partition coefficient (Wildman–Crippen LogP) is 6.28. The van der Waals surface area contributed by atoms with Gasteiger partial charge < -0.3 is 19.1 Å². The van der Waals surface area contributed by atoms with Crippen LogP contribution in [0.25, 0.3) is 10.9 Å². The van der Waals surface area contributed by atoms with Crippen LogP contribution >= 0.6 is 23.2 Å². The van der Waals surface area contributed by atoms with Gasteiger partial charge in [0.2, 0.25) is 0 Å². The number of pyridine rings is 1. The third-order valence-electron chi connectivity index (χ3n) is 7.04. The number of halogens is 2. The van der Waals surface area contributed by atoms with Gasteiger partial charge in [-0.25, -0.2) is 13.4 Å². The van der Waals surface area contributed by atoms with Gasteiger partial charge in [-0.15, -0.1) is 0 Å². The van der Waals surface area contributed by atoms with Crippen molar-refractivity contribution in [3.63, 3.8) is 0 Å². The van der Waals surface area contributed by atoms with Crippen LogP contribution in [-0.4, -0.2) is 34.2 Å². The molecule has 0 spiro atoms. The molecule has 216 valence electrons. The third kappa shape index (κ3) is 6.00. The first kappa shape index (κ1) is 28.6. The molecule has 1 fully saturated rings. The highest BCUT2D eigenvalue weighted by Crippen LogP contribution is 2.39. The fraction of sp³-hybridized carbons (Fsp3) is 0.200. The standard InChI is InChI=1S/C30H26Cl2N4O5S/c31-28-29(32)36(18-34-28)16-24-15-25(20-11-9-19(17-37)10-12-20)41-30(40-24)22-5-1-7-23(14-22)35-42(38,39)26-8-2-4-21-6-3-13-33-27(21)26/h1-14,18,24-25,30,35,37H,15-17H2/t24-,25+,30?/m0/s1. The molecule has 3 heterocycles. The Labute approximate surface area is 252 Å². The largest absolute Gasteiger partial charge is 0.392 e. The second kappa shape index (κ2) is 12.0. The van der Waals surface area contributed by atoms with Crippen molar-refractivity contribution in [3.05, 3.63) is 118 Å². The Kier molecular flexibility index (Phi) is 8.17. The normalized spacial score (nSPS) is 19.2. The molecule has 2 aromatic heterocycles. The van der Waals surface area contributed by atoms with Crippen LogP contribution in [0, 0.1) is 0 Å². The van der Waals surface area contributed by atoms with E-state index in [9.17, 15) is 13.5 Å². The molecule has 42 heavy (non-hydrogen) atoms. The number of aliphatic hydroxyl groups excluding tert-OH is 1. The summed E-state index contributed by atoms with van der Waals surface area (Å²) in [5.41, 5.74) is 3.07. The van der Waals surface area contributed by atoms with Crippen molar-refractivity contribution >= 4 is 49.8 Å². The minimum absolute atomic E-state index is 0.0579. The zero-order valence-electron chi connectivity index (χ0n) is 22.1. The van der Waals surface area contributed by atoms with E-state index in [1.165, 1.54) is 6.07 Å². The van der Waals surface area contributed by atoms with Crippen LogP contribution in [0.3, 0.4) is 0 Å². The number of hydrogen-bond acceptors (Lipinski definition) is 7. The minimum atomic E-state index is -3.95. The molecule has 0 radical (unpaired) electrons. The van der Waals surface area contributed by atoms with Crippen LogP contribution in [0.5, 0.6) is 0 Å². The summed E-state index contributed by atoms with van der Waals surface area (Å²) in [6.07, 6.45) is 2.14. The molecular weight excluding hydrogens is 599 g/mol. The molecule has 1 aliphatic heterocycles. The summed E-state index contributed by atoms with van der Waals surface area (Å²) in [5, 5.41) is 10.7. The van der Waals surface area contributed by atoms with Gasteiger partial charge in [0.15, 0.2) is 11.4 Å². The van der Waals surface area contributed by atoms with Crippen LogP contribution in [0.1, 0.15) is 35.5 Å². The topological polar surface area (TPSA) is 116 Å². The number of nitrogens with one attached hydrogen (secondary N) is 1. The third-order valence-corrected chi connectivity index (χ3v) is 9.23. The van der Waals surface area contributed by atoms with E-state index in [-0.39, 0.29) is 28.9 Å². The van der Waals surface area contributed by atoms with Crippen molar-refractivity contribution in [1.29, 1.82) is 0 Å². The Balaban J connectivity index is 1.29. The van der Waals surface area contributed by atoms with Crippen LogP contribution in [-0.2, 0) is 32.6 Å². The summed E-state index contributed by atoms with van der Waals surface area (Å²) in [6, 6.07) is 23.0. The van der Waals surface area contributed by atoms with Gasteiger partial charge in [0, 0.05) is 29.3 Å². The van der Waals surface area contributed by atoms with Gasteiger partial charge in [0.05, 0.1) is 37.2 Å². The molecule has 1 saturated heterocycles. The lowest BCUT2D eigenvalue weighted by atomic mass is 10.00. The molecular formula is C30H26Cl2N4O5S. The fourth-order valence-electron chi connectivity index (χ4n) is 4.97. The zero-order chi connectivity index (χ0) is 29.3. The van der Waals surface area contributed by atoms with E-state index in [4.69, 9.17) is 32.7 Å². The van der Waals surface area contributed by atoms with E-state index >= 15 is 0 Å². The molecule has 2 N–H and O–H groups in total. The second-order valence-electron chi connectivity index (χ2n) is 9.89. The summed E-state index contributed by atoms with van der Waals surface area (Å²) >= 11 is 12.4. The van der Waals surface area contributed by atoms with E-state index in [0.29, 0.717) is 34.9 Å². The molecule has 0 aliphatic carbocycles. The maximum absolute atomic E-state index is 13.4. The van der Waals surface area contributed by atoms with Crippen LogP contribution in [0.4, 0.5) is 5.69 Å². The molecule has 3 atom stereocenters. The number of fused-ring (bicyclic) bond motifs is 1. The van der Waals surface area contributed by atoms with Crippen molar-refractivity contribution in [1.82, 2.24) is 14.5 Å². The lowest BCUT2D eigenvalue weighted by Crippen LogP contribution is -2.32. The Hall–Kier alpha value is -3.51. The maximum Gasteiger partial charge on any atom is 0.264 e. The number of para-hydroxylation sites is 1. The Morgan fingerprint density at radius 3 is 2.50 bits per heavy atom. The highest BCUT2D eigenvalue weighted by atomic mass is 35.5. The van der Waals surface area contributed by atoms with Gasteiger partial charge >= 0.3 is 0 Å². The quantitative estimate of drug-likeness (QED) is 0.209. The van der Waals surface area contributed by atoms with E-state index in [1.54, 1.807) is 47.4 Å². The lowest BCUT2D eigenvalue weighted by Gasteiger charge is -2.36. The van der Waals surface area contributed by atoms with E-state index in [0.717, 1.165) is 16.5 Å². The van der Waals surface area contributed by atoms with E-state index < -0.39 is 16.3 Å². The molecule has 12 heteroatoms. The van der Waals surface area contributed by atoms with E-state index in [2.05, 4.69) is 14.7 Å². The summed E-state index contributed by atoms with van der Waals surface area (Å²) < 4.78 is 44.0. The number of rotatable bonds is 8. The van der Waals surface area contributed by atoms with Gasteiger partial charge in [-0.05, 0) is 35.4 Å². The molecule has 3 aromatic carbocycles. The number of anilines is 1. The molecule has 6 rings (SSSR count). The number of ether oxygens (including phenoxy) is 2. The summed E-state index contributed by atoms with van der Waals surface area (Å²) in [5.74, 6) is 0. The predicted molar refractivity (Wildman–Crippen MR) is 160 cm³/mol. The number of aliphatic hydroxyl groups is 1. The first-order chi connectivity index (χ1) is 20.3. The minimum Gasteiger partial charge on any atom is -0.392 e. The van der Waals surface area contributed by atoms with Gasteiger partial charge in [0.25, 0.3) is 10.0 Å². The number of imidazole rings is 1. The second-order valence-corrected chi connectivity index (χ2v) is 12.3. The van der Waals surface area contributed by atoms with Crippen LogP contribution < -0.4 is 4.72 Å². The Morgan fingerprint density at radius 1 is 0.952 bits per heavy atom. The Morgan fingerprint density at radius 2 is 1.74 bits per heavy atom. The van der Waals surface area contributed by atoms with E-state index in [1.807, 2.05) is 42.5 Å². The smallest absolute Gasteiger partial charge is 0.264 e. The number of aromatic nitrogens is 3. The van der Waals surface area contributed by atoms with Crippen molar-refractivity contribution in [2.24, 2.45) is 0 Å². The number of nitrogens with zero attached hydrogens (tertiary/aromatic N) is 3. The molecule has 0 amide bonds. The SMILES string of the molecule is O=S(=O)(Nc1cccc(C2O[C@H](Cn3cnc(Cl)c3Cl)C[C@H](c3ccc(CO)cc3)O2)c1)c1cccc2cccnc12. The summed E-state index contributed by atoms with van der Waals surface area (Å²) in [4.78, 5) is 8.42. The summed E-state index contributed by atoms with van der Waals surface area (Å²) in [6.45, 7) is 0.321. The van der Waals surface area contributed by atoms with Gasteiger partial charge in [0.1, 0.15) is 10.0 Å². The molecule has 5 aromatic rings. The zero-order valence-corrected chi connectivity index (χ0v) is 24.4. The Bertz CT molecular complexity index is 1830. The van der Waals surface area contributed by atoms with Crippen LogP contribution in [0.15, 0.2) is 96.3 Å². The van der Waals surface area contributed by atoms with Crippen molar-refractivity contribution in [2.75, 3.05) is 4.72 Å². The van der Waals surface area contributed by atoms with Crippen molar-refractivity contribution < 1.29 is 23.0 Å². The number of benzene rings is 3.